The summed E-state index contributed by atoms with van der Waals surface area (Å²) in [6.45, 7) is 6.98. The van der Waals surface area contributed by atoms with Crippen LogP contribution in [0.25, 0.3) is 6.08 Å². The Bertz CT molecular complexity index is 304. The quantitative estimate of drug-likeness (QED) is 0.796. The molecule has 0 fully saturated rings. The first-order chi connectivity index (χ1) is 6.67. The monoisotopic (exact) mass is 193 g/mol. The third-order valence-electron chi connectivity index (χ3n) is 2.24. The van der Waals surface area contributed by atoms with Crippen LogP contribution in [0.4, 0.5) is 0 Å². The highest BCUT2D eigenvalue weighted by molar-refractivity contribution is 5.51. The van der Waals surface area contributed by atoms with Crippen molar-refractivity contribution >= 4 is 6.08 Å². The fraction of sp³-hybridized carbons (Fsp3) is 0.545. The molecular formula is C11H19N3. The van der Waals surface area contributed by atoms with Crippen molar-refractivity contribution in [2.24, 2.45) is 5.73 Å². The molecule has 0 aliphatic rings. The lowest BCUT2D eigenvalue weighted by molar-refractivity contribution is 0.532. The van der Waals surface area contributed by atoms with Gasteiger partial charge in [0.15, 0.2) is 0 Å². The highest BCUT2D eigenvalue weighted by atomic mass is 15.3. The van der Waals surface area contributed by atoms with Crippen molar-refractivity contribution in [3.63, 3.8) is 0 Å². The highest BCUT2D eigenvalue weighted by Gasteiger charge is 2.00. The molecule has 1 rings (SSSR count). The Morgan fingerprint density at radius 2 is 2.36 bits per heavy atom. The van der Waals surface area contributed by atoms with Gasteiger partial charge in [-0.3, -0.25) is 4.68 Å². The molecule has 2 N–H and O–H groups in total. The van der Waals surface area contributed by atoms with Gasteiger partial charge in [0.1, 0.15) is 0 Å². The smallest absolute Gasteiger partial charge is 0.0562 e. The molecule has 1 heterocycles. The molecule has 14 heavy (non-hydrogen) atoms. The summed E-state index contributed by atoms with van der Waals surface area (Å²) in [5.41, 5.74) is 8.00. The average Bonchev–Trinajstić information content (AvgIpc) is 2.62. The zero-order valence-electron chi connectivity index (χ0n) is 9.20. The maximum atomic E-state index is 5.60. The van der Waals surface area contributed by atoms with Crippen LogP contribution in [-0.2, 0) is 0 Å². The maximum Gasteiger partial charge on any atom is 0.0562 e. The topological polar surface area (TPSA) is 43.8 Å². The van der Waals surface area contributed by atoms with Gasteiger partial charge in [-0.15, -0.1) is 0 Å². The summed E-state index contributed by atoms with van der Waals surface area (Å²) in [7, 11) is 0. The van der Waals surface area contributed by atoms with Crippen LogP contribution in [0.2, 0.25) is 0 Å². The van der Waals surface area contributed by atoms with E-state index in [-0.39, 0.29) is 0 Å². The Labute approximate surface area is 85.6 Å². The molecule has 0 saturated carbocycles. The third-order valence-corrected chi connectivity index (χ3v) is 2.24. The molecule has 0 amide bonds. The number of nitrogens with two attached hydrogens (primary N) is 1. The summed E-state index contributed by atoms with van der Waals surface area (Å²) in [6.07, 6.45) is 7.05. The summed E-state index contributed by atoms with van der Waals surface area (Å²) < 4.78 is 1.95. The van der Waals surface area contributed by atoms with Crippen molar-refractivity contribution in [1.29, 1.82) is 0 Å². The molecule has 0 radical (unpaired) electrons. The predicted molar refractivity (Wildman–Crippen MR) is 59.9 cm³/mol. The second kappa shape index (κ2) is 4.96. The van der Waals surface area contributed by atoms with Crippen molar-refractivity contribution < 1.29 is 0 Å². The minimum atomic E-state index is 0.417. The fourth-order valence-corrected chi connectivity index (χ4v) is 1.25. The van der Waals surface area contributed by atoms with E-state index in [1.165, 1.54) is 5.57 Å². The average molecular weight is 193 g/mol. The fourth-order valence-electron chi connectivity index (χ4n) is 1.25. The molecular weight excluding hydrogens is 174 g/mol. The van der Waals surface area contributed by atoms with E-state index in [9.17, 15) is 0 Å². The Morgan fingerprint density at radius 3 is 2.79 bits per heavy atom. The highest BCUT2D eigenvalue weighted by Crippen LogP contribution is 2.10. The zero-order chi connectivity index (χ0) is 10.6. The Hall–Kier alpha value is -1.09. The molecule has 0 unspecified atom stereocenters. The lowest BCUT2D eigenvalue weighted by atomic mass is 10.1. The van der Waals surface area contributed by atoms with E-state index in [0.29, 0.717) is 12.6 Å². The second-order valence-electron chi connectivity index (χ2n) is 3.71. The van der Waals surface area contributed by atoms with E-state index in [2.05, 4.69) is 38.1 Å². The van der Waals surface area contributed by atoms with Crippen molar-refractivity contribution in [1.82, 2.24) is 9.78 Å². The predicted octanol–water partition coefficient (Wildman–Crippen LogP) is 2.22. The standard InChI is InChI=1S/C11H19N3/c1-4-10(6-12)5-11-7-13-14(8-11)9(2)3/h5,7-9H,4,6,12H2,1-3H3. The summed E-state index contributed by atoms with van der Waals surface area (Å²) in [4.78, 5) is 0. The third kappa shape index (κ3) is 2.70. The Morgan fingerprint density at radius 1 is 1.64 bits per heavy atom. The molecule has 1 aromatic rings. The molecule has 0 aliphatic heterocycles. The first-order valence-corrected chi connectivity index (χ1v) is 5.11. The van der Waals surface area contributed by atoms with E-state index < -0.39 is 0 Å². The summed E-state index contributed by atoms with van der Waals surface area (Å²) in [5.74, 6) is 0. The lowest BCUT2D eigenvalue weighted by Crippen LogP contribution is -2.01. The molecule has 0 saturated heterocycles. The van der Waals surface area contributed by atoms with E-state index in [1.807, 2.05) is 10.9 Å². The first-order valence-electron chi connectivity index (χ1n) is 5.11. The molecule has 3 heteroatoms. The largest absolute Gasteiger partial charge is 0.327 e. The molecule has 3 nitrogen and oxygen atoms in total. The van der Waals surface area contributed by atoms with Gasteiger partial charge in [-0.25, -0.2) is 0 Å². The van der Waals surface area contributed by atoms with Crippen LogP contribution in [0.5, 0.6) is 0 Å². The van der Waals surface area contributed by atoms with Gasteiger partial charge in [0.25, 0.3) is 0 Å². The van der Waals surface area contributed by atoms with E-state index in [4.69, 9.17) is 5.73 Å². The summed E-state index contributed by atoms with van der Waals surface area (Å²) >= 11 is 0. The van der Waals surface area contributed by atoms with Crippen LogP contribution >= 0.6 is 0 Å². The SMILES string of the molecule is CCC(=Cc1cnn(C(C)C)c1)CN. The summed E-state index contributed by atoms with van der Waals surface area (Å²) in [5, 5.41) is 4.27. The second-order valence-corrected chi connectivity index (χ2v) is 3.71. The van der Waals surface area contributed by atoms with Crippen molar-refractivity contribution in [3.05, 3.63) is 23.5 Å². The van der Waals surface area contributed by atoms with Gasteiger partial charge in [-0.1, -0.05) is 18.6 Å². The van der Waals surface area contributed by atoms with Crippen LogP contribution in [0.1, 0.15) is 38.8 Å². The van der Waals surface area contributed by atoms with E-state index in [0.717, 1.165) is 12.0 Å². The van der Waals surface area contributed by atoms with Crippen LogP contribution < -0.4 is 5.73 Å². The molecule has 0 atom stereocenters. The molecule has 0 aliphatic carbocycles. The zero-order valence-corrected chi connectivity index (χ0v) is 9.20. The van der Waals surface area contributed by atoms with Gasteiger partial charge < -0.3 is 5.73 Å². The number of nitrogens with zero attached hydrogens (tertiary/aromatic N) is 2. The molecule has 78 valence electrons. The minimum absolute atomic E-state index is 0.417. The molecule has 0 aromatic carbocycles. The Balaban J connectivity index is 2.81. The van der Waals surface area contributed by atoms with E-state index >= 15 is 0 Å². The van der Waals surface area contributed by atoms with Crippen LogP contribution in [0.3, 0.4) is 0 Å². The lowest BCUT2D eigenvalue weighted by Gasteiger charge is -2.02. The molecule has 0 spiro atoms. The van der Waals surface area contributed by atoms with Crippen LogP contribution in [0, 0.1) is 0 Å². The van der Waals surface area contributed by atoms with Crippen molar-refractivity contribution in [3.8, 4) is 0 Å². The summed E-state index contributed by atoms with van der Waals surface area (Å²) in [6, 6.07) is 0.417. The minimum Gasteiger partial charge on any atom is -0.327 e. The first kappa shape index (κ1) is 11.0. The van der Waals surface area contributed by atoms with Gasteiger partial charge in [-0.2, -0.15) is 5.10 Å². The van der Waals surface area contributed by atoms with Gasteiger partial charge in [-0.05, 0) is 20.3 Å². The van der Waals surface area contributed by atoms with Gasteiger partial charge >= 0.3 is 0 Å². The van der Waals surface area contributed by atoms with Gasteiger partial charge in [0.05, 0.1) is 6.20 Å². The maximum absolute atomic E-state index is 5.60. The molecule has 1 aromatic heterocycles. The van der Waals surface area contributed by atoms with Gasteiger partial charge in [0.2, 0.25) is 0 Å². The van der Waals surface area contributed by atoms with Crippen molar-refractivity contribution in [2.75, 3.05) is 6.54 Å². The van der Waals surface area contributed by atoms with Gasteiger partial charge in [0, 0.05) is 24.3 Å². The number of rotatable bonds is 4. The van der Waals surface area contributed by atoms with Crippen LogP contribution in [0.15, 0.2) is 18.0 Å². The van der Waals surface area contributed by atoms with Crippen LogP contribution in [-0.4, -0.2) is 16.3 Å². The van der Waals surface area contributed by atoms with E-state index in [1.54, 1.807) is 0 Å². The Kier molecular flexibility index (Phi) is 3.89. The normalized spacial score (nSPS) is 12.5. The number of hydrogen-bond acceptors (Lipinski definition) is 2. The molecule has 0 bridgehead atoms. The number of aromatic nitrogens is 2. The number of hydrogen-bond donors (Lipinski definition) is 1. The van der Waals surface area contributed by atoms with Crippen molar-refractivity contribution in [2.45, 2.75) is 33.2 Å².